The molecular weight excluding hydrogens is 278 g/mol. The maximum Gasteiger partial charge on any atom is 0.343 e. The van der Waals surface area contributed by atoms with Gasteiger partial charge >= 0.3 is 5.97 Å². The largest absolute Gasteiger partial charge is 0.423 e. The molecule has 5 nitrogen and oxygen atoms in total. The third-order valence-corrected chi connectivity index (χ3v) is 4.02. The van der Waals surface area contributed by atoms with Crippen molar-refractivity contribution in [1.82, 2.24) is 4.72 Å². The van der Waals surface area contributed by atoms with Gasteiger partial charge in [0, 0.05) is 6.07 Å². The Hall–Kier alpha value is -2.18. The Morgan fingerprint density at radius 1 is 1.05 bits per heavy atom. The van der Waals surface area contributed by atoms with Crippen LogP contribution in [0, 0.1) is 0 Å². The first kappa shape index (κ1) is 14.2. The predicted molar refractivity (Wildman–Crippen MR) is 74.1 cm³/mol. The predicted octanol–water partition coefficient (Wildman–Crippen LogP) is 1.81. The van der Waals surface area contributed by atoms with Gasteiger partial charge in [0.25, 0.3) is 0 Å². The Kier molecular flexibility index (Phi) is 4.16. The second kappa shape index (κ2) is 5.85. The van der Waals surface area contributed by atoms with Gasteiger partial charge < -0.3 is 4.74 Å². The zero-order chi connectivity index (χ0) is 14.6. The zero-order valence-electron chi connectivity index (χ0n) is 10.7. The van der Waals surface area contributed by atoms with Crippen molar-refractivity contribution in [3.05, 3.63) is 60.2 Å². The average molecular weight is 291 g/mol. The van der Waals surface area contributed by atoms with Gasteiger partial charge in [-0.3, -0.25) is 0 Å². The van der Waals surface area contributed by atoms with Crippen LogP contribution in [-0.4, -0.2) is 21.4 Å². The molecule has 104 valence electrons. The summed E-state index contributed by atoms with van der Waals surface area (Å²) in [7, 11) is -2.24. The standard InChI is InChI=1S/C14H13NO4S/c1-15-20(17,18)13-9-5-8-12(10-13)19-14(16)11-6-3-2-4-7-11/h2-10,15H,1H3. The Balaban J connectivity index is 2.23. The van der Waals surface area contributed by atoms with E-state index in [1.54, 1.807) is 30.3 Å². The fraction of sp³-hybridized carbons (Fsp3) is 0.0714. The van der Waals surface area contributed by atoms with E-state index in [1.807, 2.05) is 0 Å². The molecule has 6 heteroatoms. The minimum Gasteiger partial charge on any atom is -0.423 e. The molecule has 0 fully saturated rings. The first-order valence-corrected chi connectivity index (χ1v) is 7.32. The van der Waals surface area contributed by atoms with Crippen molar-refractivity contribution in [2.75, 3.05) is 7.05 Å². The summed E-state index contributed by atoms with van der Waals surface area (Å²) in [5.74, 6) is -0.361. The number of hydrogen-bond donors (Lipinski definition) is 1. The molecule has 2 rings (SSSR count). The Morgan fingerprint density at radius 2 is 1.75 bits per heavy atom. The van der Waals surface area contributed by atoms with Crippen LogP contribution in [0.1, 0.15) is 10.4 Å². The van der Waals surface area contributed by atoms with Gasteiger partial charge in [-0.05, 0) is 31.3 Å². The minimum absolute atomic E-state index is 0.0401. The van der Waals surface area contributed by atoms with E-state index < -0.39 is 16.0 Å². The van der Waals surface area contributed by atoms with Crippen LogP contribution >= 0.6 is 0 Å². The third kappa shape index (κ3) is 3.23. The summed E-state index contributed by atoms with van der Waals surface area (Å²) >= 11 is 0. The molecule has 0 heterocycles. The number of hydrogen-bond acceptors (Lipinski definition) is 4. The normalized spacial score (nSPS) is 11.1. The molecule has 0 aliphatic rings. The van der Waals surface area contributed by atoms with Gasteiger partial charge in [0.05, 0.1) is 10.5 Å². The molecule has 0 aliphatic carbocycles. The fourth-order valence-electron chi connectivity index (χ4n) is 1.56. The first-order chi connectivity index (χ1) is 9.53. The maximum atomic E-state index is 11.9. The SMILES string of the molecule is CNS(=O)(=O)c1cccc(OC(=O)c2ccccc2)c1. The molecule has 0 aromatic heterocycles. The number of carbonyl (C=O) groups is 1. The highest BCUT2D eigenvalue weighted by Gasteiger charge is 2.13. The summed E-state index contributed by atoms with van der Waals surface area (Å²) in [4.78, 5) is 11.9. The average Bonchev–Trinajstić information content (AvgIpc) is 2.48. The summed E-state index contributed by atoms with van der Waals surface area (Å²) < 4.78 is 30.7. The van der Waals surface area contributed by atoms with Gasteiger partial charge in [0.1, 0.15) is 5.75 Å². The van der Waals surface area contributed by atoms with Crippen LogP contribution in [0.2, 0.25) is 0 Å². The van der Waals surface area contributed by atoms with Crippen molar-refractivity contribution in [3.8, 4) is 5.75 Å². The summed E-state index contributed by atoms with van der Waals surface area (Å²) in [6, 6.07) is 14.2. The second-order valence-electron chi connectivity index (χ2n) is 3.94. The van der Waals surface area contributed by atoms with Crippen LogP contribution < -0.4 is 9.46 Å². The summed E-state index contributed by atoms with van der Waals surface area (Å²) in [5.41, 5.74) is 0.398. The van der Waals surface area contributed by atoms with Crippen LogP contribution in [0.15, 0.2) is 59.5 Å². The molecule has 0 unspecified atom stereocenters. The number of ether oxygens (including phenoxy) is 1. The second-order valence-corrected chi connectivity index (χ2v) is 5.82. The third-order valence-electron chi connectivity index (χ3n) is 2.60. The molecule has 0 atom stereocenters. The fourth-order valence-corrected chi connectivity index (χ4v) is 2.33. The Morgan fingerprint density at radius 3 is 2.40 bits per heavy atom. The maximum absolute atomic E-state index is 11.9. The highest BCUT2D eigenvalue weighted by atomic mass is 32.2. The molecule has 0 bridgehead atoms. The highest BCUT2D eigenvalue weighted by Crippen LogP contribution is 2.18. The lowest BCUT2D eigenvalue weighted by atomic mass is 10.2. The molecule has 0 spiro atoms. The quantitative estimate of drug-likeness (QED) is 0.689. The summed E-state index contributed by atoms with van der Waals surface area (Å²) in [6.45, 7) is 0. The van der Waals surface area contributed by atoms with Crippen LogP contribution in [-0.2, 0) is 10.0 Å². The van der Waals surface area contributed by atoms with Crippen LogP contribution in [0.3, 0.4) is 0 Å². The molecule has 20 heavy (non-hydrogen) atoms. The molecular formula is C14H13NO4S. The number of rotatable bonds is 4. The lowest BCUT2D eigenvalue weighted by Crippen LogP contribution is -2.18. The van der Waals surface area contributed by atoms with Crippen molar-refractivity contribution in [2.45, 2.75) is 4.90 Å². The van der Waals surface area contributed by atoms with Crippen LogP contribution in [0.4, 0.5) is 0 Å². The molecule has 0 saturated heterocycles. The molecule has 2 aromatic carbocycles. The molecule has 2 aromatic rings. The van der Waals surface area contributed by atoms with Crippen molar-refractivity contribution in [1.29, 1.82) is 0 Å². The van der Waals surface area contributed by atoms with Gasteiger partial charge in [0.2, 0.25) is 10.0 Å². The van der Waals surface area contributed by atoms with Crippen molar-refractivity contribution < 1.29 is 17.9 Å². The summed E-state index contributed by atoms with van der Waals surface area (Å²) in [5, 5.41) is 0. The number of sulfonamides is 1. The number of benzene rings is 2. The number of nitrogens with one attached hydrogen (secondary N) is 1. The van der Waals surface area contributed by atoms with Gasteiger partial charge in [-0.25, -0.2) is 17.9 Å². The van der Waals surface area contributed by atoms with Gasteiger partial charge in [-0.15, -0.1) is 0 Å². The Labute approximate surface area is 117 Å². The van der Waals surface area contributed by atoms with Gasteiger partial charge in [-0.1, -0.05) is 24.3 Å². The molecule has 0 radical (unpaired) electrons. The topological polar surface area (TPSA) is 72.5 Å². The van der Waals surface area contributed by atoms with Crippen molar-refractivity contribution >= 4 is 16.0 Å². The molecule has 1 N–H and O–H groups in total. The molecule has 0 saturated carbocycles. The van der Waals surface area contributed by atoms with Crippen LogP contribution in [0.25, 0.3) is 0 Å². The van der Waals surface area contributed by atoms with E-state index in [0.29, 0.717) is 5.56 Å². The van der Waals surface area contributed by atoms with Gasteiger partial charge in [0.15, 0.2) is 0 Å². The van der Waals surface area contributed by atoms with Crippen LogP contribution in [0.5, 0.6) is 5.75 Å². The van der Waals surface area contributed by atoms with E-state index in [1.165, 1.54) is 31.3 Å². The summed E-state index contributed by atoms with van der Waals surface area (Å²) in [6.07, 6.45) is 0. The number of carbonyl (C=O) groups excluding carboxylic acids is 1. The monoisotopic (exact) mass is 291 g/mol. The van der Waals surface area contributed by atoms with Gasteiger partial charge in [-0.2, -0.15) is 0 Å². The lowest BCUT2D eigenvalue weighted by Gasteiger charge is -2.07. The highest BCUT2D eigenvalue weighted by molar-refractivity contribution is 7.89. The smallest absolute Gasteiger partial charge is 0.343 e. The number of esters is 1. The van der Waals surface area contributed by atoms with E-state index in [9.17, 15) is 13.2 Å². The van der Waals surface area contributed by atoms with Crippen molar-refractivity contribution in [3.63, 3.8) is 0 Å². The van der Waals surface area contributed by atoms with E-state index in [-0.39, 0.29) is 10.6 Å². The van der Waals surface area contributed by atoms with E-state index >= 15 is 0 Å². The molecule has 0 amide bonds. The Bertz CT molecular complexity index is 711. The van der Waals surface area contributed by atoms with Crippen molar-refractivity contribution in [2.24, 2.45) is 0 Å². The van der Waals surface area contributed by atoms with E-state index in [2.05, 4.69) is 4.72 Å². The van der Waals surface area contributed by atoms with E-state index in [4.69, 9.17) is 4.74 Å². The minimum atomic E-state index is -3.56. The van der Waals surface area contributed by atoms with E-state index in [0.717, 1.165) is 0 Å². The first-order valence-electron chi connectivity index (χ1n) is 5.84. The lowest BCUT2D eigenvalue weighted by molar-refractivity contribution is 0.0734. The molecule has 0 aliphatic heterocycles. The zero-order valence-corrected chi connectivity index (χ0v) is 11.6.